The van der Waals surface area contributed by atoms with Gasteiger partial charge in [-0.2, -0.15) is 4.98 Å². The Bertz CT molecular complexity index is 954. The molecule has 5 N–H and O–H groups in total. The van der Waals surface area contributed by atoms with E-state index in [0.717, 1.165) is 48.3 Å². The van der Waals surface area contributed by atoms with E-state index in [-0.39, 0.29) is 11.5 Å². The Morgan fingerprint density at radius 3 is 2.81 bits per heavy atom. The minimum atomic E-state index is -0.296. The molecule has 2 aromatic heterocycles. The number of unbranched alkanes of at least 4 members (excludes halogenated alkanes) is 1. The van der Waals surface area contributed by atoms with Gasteiger partial charge in [0.2, 0.25) is 0 Å². The van der Waals surface area contributed by atoms with Crippen molar-refractivity contribution in [3.05, 3.63) is 58.3 Å². The summed E-state index contributed by atoms with van der Waals surface area (Å²) in [7, 11) is 0. The zero-order valence-electron chi connectivity index (χ0n) is 14.9. The molecule has 0 unspecified atom stereocenters. The Morgan fingerprint density at radius 1 is 1.31 bits per heavy atom. The molecule has 0 saturated carbocycles. The number of fused-ring (bicyclic) bond motifs is 1. The van der Waals surface area contributed by atoms with Crippen LogP contribution in [0.3, 0.4) is 0 Å². The molecule has 0 atom stereocenters. The lowest BCUT2D eigenvalue weighted by Crippen LogP contribution is -2.20. The van der Waals surface area contributed by atoms with Gasteiger partial charge in [0.25, 0.3) is 0 Å². The molecule has 3 rings (SSSR count). The predicted molar refractivity (Wildman–Crippen MR) is 104 cm³/mol. The predicted octanol–water partition coefficient (Wildman–Crippen LogP) is 2.22. The van der Waals surface area contributed by atoms with Gasteiger partial charge in [-0.1, -0.05) is 12.1 Å². The molecule has 3 aromatic rings. The molecule has 0 amide bonds. The van der Waals surface area contributed by atoms with E-state index in [1.807, 2.05) is 43.5 Å². The maximum Gasteiger partial charge on any atom is 0.354 e. The lowest BCUT2D eigenvalue weighted by molar-refractivity contribution is 0.630. The molecule has 0 fully saturated rings. The third-order valence-electron chi connectivity index (χ3n) is 4.24. The standard InChI is InChI=1S/C19H24N6O/c1-13-10-15-12-25(19(26)24-18(15)23-13)16-7-5-14(6-8-16)11-22-9-3-2-4-17(20)21/h5-8,10,12,22H,2-4,9,11H2,1H3,(H3,20,21)(H,23,24,26). The molecule has 2 heterocycles. The fraction of sp³-hybridized carbons (Fsp3) is 0.316. The molecule has 0 aliphatic rings. The van der Waals surface area contributed by atoms with Gasteiger partial charge in [0, 0.05) is 30.2 Å². The first-order chi connectivity index (χ1) is 12.5. The molecular formula is C19H24N6O. The van der Waals surface area contributed by atoms with Crippen LogP contribution in [-0.4, -0.2) is 26.9 Å². The molecule has 0 aliphatic heterocycles. The van der Waals surface area contributed by atoms with Gasteiger partial charge >= 0.3 is 5.69 Å². The largest absolute Gasteiger partial charge is 0.388 e. The van der Waals surface area contributed by atoms with E-state index in [1.54, 1.807) is 4.57 Å². The fourth-order valence-electron chi connectivity index (χ4n) is 2.89. The van der Waals surface area contributed by atoms with Crippen molar-refractivity contribution < 1.29 is 0 Å². The number of nitrogens with zero attached hydrogens (tertiary/aromatic N) is 2. The van der Waals surface area contributed by atoms with Gasteiger partial charge < -0.3 is 16.0 Å². The van der Waals surface area contributed by atoms with Crippen LogP contribution >= 0.6 is 0 Å². The minimum Gasteiger partial charge on any atom is -0.388 e. The number of hydrogen-bond acceptors (Lipinski definition) is 4. The average molecular weight is 352 g/mol. The third kappa shape index (κ3) is 4.37. The summed E-state index contributed by atoms with van der Waals surface area (Å²) in [6.45, 7) is 3.60. The van der Waals surface area contributed by atoms with Crippen LogP contribution in [0.15, 0.2) is 41.3 Å². The second kappa shape index (κ2) is 7.97. The van der Waals surface area contributed by atoms with Crippen LogP contribution in [0.1, 0.15) is 30.5 Å². The number of rotatable bonds is 8. The van der Waals surface area contributed by atoms with Gasteiger partial charge in [0.15, 0.2) is 0 Å². The number of nitrogens with one attached hydrogen (secondary N) is 3. The topological polar surface area (TPSA) is 113 Å². The quantitative estimate of drug-likeness (QED) is 0.283. The number of H-pyrrole nitrogens is 1. The number of hydrogen-bond donors (Lipinski definition) is 4. The van der Waals surface area contributed by atoms with Crippen molar-refractivity contribution in [2.45, 2.75) is 32.7 Å². The van der Waals surface area contributed by atoms with Gasteiger partial charge in [0.05, 0.1) is 11.5 Å². The first-order valence-electron chi connectivity index (χ1n) is 8.75. The van der Waals surface area contributed by atoms with E-state index in [4.69, 9.17) is 11.1 Å². The van der Waals surface area contributed by atoms with Crippen LogP contribution in [0.2, 0.25) is 0 Å². The number of amidine groups is 1. The highest BCUT2D eigenvalue weighted by Crippen LogP contribution is 2.13. The Hall–Kier alpha value is -2.93. The summed E-state index contributed by atoms with van der Waals surface area (Å²) in [6, 6.07) is 9.86. The van der Waals surface area contributed by atoms with E-state index in [2.05, 4.69) is 15.3 Å². The lowest BCUT2D eigenvalue weighted by Gasteiger charge is -2.08. The van der Waals surface area contributed by atoms with Crippen molar-refractivity contribution >= 4 is 16.9 Å². The molecule has 0 aliphatic carbocycles. The maximum absolute atomic E-state index is 12.2. The van der Waals surface area contributed by atoms with Crippen LogP contribution in [-0.2, 0) is 6.54 Å². The SMILES string of the molecule is Cc1cc2cn(-c3ccc(CNCCCCC(=N)N)cc3)c(=O)nc2[nH]1. The summed E-state index contributed by atoms with van der Waals surface area (Å²) in [5.74, 6) is 0.248. The Kier molecular flexibility index (Phi) is 5.48. The average Bonchev–Trinajstić information content (AvgIpc) is 2.96. The van der Waals surface area contributed by atoms with Gasteiger partial charge in [-0.05, 0) is 50.1 Å². The molecule has 0 saturated heterocycles. The Balaban J connectivity index is 1.62. The molecule has 26 heavy (non-hydrogen) atoms. The zero-order valence-corrected chi connectivity index (χ0v) is 14.9. The van der Waals surface area contributed by atoms with E-state index in [9.17, 15) is 4.79 Å². The highest BCUT2D eigenvalue weighted by atomic mass is 16.1. The second-order valence-corrected chi connectivity index (χ2v) is 6.48. The lowest BCUT2D eigenvalue weighted by atomic mass is 10.2. The first kappa shape index (κ1) is 17.9. The van der Waals surface area contributed by atoms with E-state index in [1.165, 1.54) is 0 Å². The molecule has 7 heteroatoms. The number of aromatic amines is 1. The third-order valence-corrected chi connectivity index (χ3v) is 4.24. The summed E-state index contributed by atoms with van der Waals surface area (Å²) in [6.07, 6.45) is 4.40. The van der Waals surface area contributed by atoms with Crippen LogP contribution in [0.4, 0.5) is 0 Å². The van der Waals surface area contributed by atoms with Crippen molar-refractivity contribution in [3.8, 4) is 5.69 Å². The number of benzene rings is 1. The van der Waals surface area contributed by atoms with Crippen molar-refractivity contribution in [3.63, 3.8) is 0 Å². The zero-order chi connectivity index (χ0) is 18.5. The highest BCUT2D eigenvalue weighted by molar-refractivity contribution is 5.76. The number of nitrogens with two attached hydrogens (primary N) is 1. The summed E-state index contributed by atoms with van der Waals surface area (Å²) in [4.78, 5) is 19.4. The van der Waals surface area contributed by atoms with Gasteiger partial charge in [-0.3, -0.25) is 9.98 Å². The minimum absolute atomic E-state index is 0.248. The van der Waals surface area contributed by atoms with E-state index in [0.29, 0.717) is 12.1 Å². The van der Waals surface area contributed by atoms with Crippen molar-refractivity contribution in [1.82, 2.24) is 19.9 Å². The normalized spacial score (nSPS) is 11.1. The number of aromatic nitrogens is 3. The second-order valence-electron chi connectivity index (χ2n) is 6.48. The molecule has 1 aromatic carbocycles. The Morgan fingerprint density at radius 2 is 2.08 bits per heavy atom. The first-order valence-corrected chi connectivity index (χ1v) is 8.75. The Labute approximate surface area is 151 Å². The van der Waals surface area contributed by atoms with Crippen LogP contribution in [0.5, 0.6) is 0 Å². The molecule has 0 radical (unpaired) electrons. The van der Waals surface area contributed by atoms with E-state index >= 15 is 0 Å². The number of aryl methyl sites for hydroxylation is 1. The van der Waals surface area contributed by atoms with Crippen molar-refractivity contribution in [2.24, 2.45) is 5.73 Å². The summed E-state index contributed by atoms with van der Waals surface area (Å²) >= 11 is 0. The van der Waals surface area contributed by atoms with E-state index < -0.39 is 0 Å². The van der Waals surface area contributed by atoms with Crippen LogP contribution < -0.4 is 16.7 Å². The fourth-order valence-corrected chi connectivity index (χ4v) is 2.89. The van der Waals surface area contributed by atoms with Gasteiger partial charge in [-0.15, -0.1) is 0 Å². The molecular weight excluding hydrogens is 328 g/mol. The summed E-state index contributed by atoms with van der Waals surface area (Å²) in [5.41, 5.74) is 8.59. The summed E-state index contributed by atoms with van der Waals surface area (Å²) in [5, 5.41) is 11.5. The highest BCUT2D eigenvalue weighted by Gasteiger charge is 2.06. The monoisotopic (exact) mass is 352 g/mol. The van der Waals surface area contributed by atoms with Crippen LogP contribution in [0.25, 0.3) is 16.7 Å². The van der Waals surface area contributed by atoms with Crippen molar-refractivity contribution in [2.75, 3.05) is 6.54 Å². The van der Waals surface area contributed by atoms with Gasteiger partial charge in [0.1, 0.15) is 5.65 Å². The van der Waals surface area contributed by atoms with Crippen molar-refractivity contribution in [1.29, 1.82) is 5.41 Å². The molecule has 0 spiro atoms. The molecule has 136 valence electrons. The smallest absolute Gasteiger partial charge is 0.354 e. The summed E-state index contributed by atoms with van der Waals surface area (Å²) < 4.78 is 1.56. The van der Waals surface area contributed by atoms with Gasteiger partial charge in [-0.25, -0.2) is 4.79 Å². The van der Waals surface area contributed by atoms with Crippen LogP contribution in [0, 0.1) is 12.3 Å². The maximum atomic E-state index is 12.2. The molecule has 0 bridgehead atoms. The molecule has 7 nitrogen and oxygen atoms in total.